The second kappa shape index (κ2) is 8.41. The molecule has 5 heteroatoms. The van der Waals surface area contributed by atoms with Crippen molar-refractivity contribution >= 4 is 11.9 Å². The van der Waals surface area contributed by atoms with E-state index in [0.29, 0.717) is 18.8 Å². The third-order valence-electron chi connectivity index (χ3n) is 5.36. The van der Waals surface area contributed by atoms with Gasteiger partial charge in [-0.25, -0.2) is 4.79 Å². The molecule has 3 aromatic rings. The van der Waals surface area contributed by atoms with E-state index in [-0.39, 0.29) is 12.5 Å². The summed E-state index contributed by atoms with van der Waals surface area (Å²) in [7, 11) is 0. The molecule has 1 aliphatic rings. The Labute approximate surface area is 176 Å². The molecule has 0 radical (unpaired) electrons. The molecule has 0 bridgehead atoms. The van der Waals surface area contributed by atoms with E-state index >= 15 is 0 Å². The van der Waals surface area contributed by atoms with E-state index in [0.717, 1.165) is 16.7 Å². The van der Waals surface area contributed by atoms with Crippen LogP contribution in [0.3, 0.4) is 0 Å². The molecule has 0 spiro atoms. The summed E-state index contributed by atoms with van der Waals surface area (Å²) in [5.74, 6) is 0.426. The highest BCUT2D eigenvalue weighted by molar-refractivity contribution is 6.07. The fourth-order valence-corrected chi connectivity index (χ4v) is 3.91. The van der Waals surface area contributed by atoms with Gasteiger partial charge in [0, 0.05) is 12.0 Å². The van der Waals surface area contributed by atoms with Crippen LogP contribution in [0.4, 0.5) is 4.79 Å². The summed E-state index contributed by atoms with van der Waals surface area (Å²) in [6, 6.07) is 26.3. The Kier molecular flexibility index (Phi) is 5.53. The topological polar surface area (TPSA) is 58.6 Å². The van der Waals surface area contributed by atoms with Crippen LogP contribution in [0.1, 0.15) is 23.6 Å². The van der Waals surface area contributed by atoms with Crippen molar-refractivity contribution in [3.63, 3.8) is 0 Å². The molecule has 1 aliphatic heterocycles. The van der Waals surface area contributed by atoms with Gasteiger partial charge in [0.05, 0.1) is 13.2 Å². The Bertz CT molecular complexity index is 1040. The predicted octanol–water partition coefficient (Wildman–Crippen LogP) is 4.28. The molecular weight excluding hydrogens is 376 g/mol. The minimum absolute atomic E-state index is 0.157. The van der Waals surface area contributed by atoms with Crippen LogP contribution in [0, 0.1) is 0 Å². The van der Waals surface area contributed by atoms with E-state index in [1.54, 1.807) is 0 Å². The average Bonchev–Trinajstić information content (AvgIpc) is 3.01. The number of ether oxygens (including phenoxy) is 1. The van der Waals surface area contributed by atoms with Crippen molar-refractivity contribution in [3.05, 3.63) is 102 Å². The van der Waals surface area contributed by atoms with Crippen LogP contribution >= 0.6 is 0 Å². The maximum absolute atomic E-state index is 13.7. The zero-order chi connectivity index (χ0) is 21.0. The standard InChI is InChI=1S/C25H24N2O3/c1-2-30-22-16-10-9-13-20(22)18-27-23(28)25(26-24(27)29,21-14-7-4-8-15-21)17-19-11-5-3-6-12-19/h3-16H,2,17-18H2,1H3,(H,26,29). The van der Waals surface area contributed by atoms with E-state index in [2.05, 4.69) is 5.32 Å². The molecule has 4 rings (SSSR count). The summed E-state index contributed by atoms with van der Waals surface area (Å²) in [6.07, 6.45) is 0.381. The molecule has 0 saturated carbocycles. The molecule has 1 atom stereocenters. The second-order valence-corrected chi connectivity index (χ2v) is 7.30. The van der Waals surface area contributed by atoms with Crippen LogP contribution in [0.2, 0.25) is 0 Å². The Morgan fingerprint density at radius 2 is 1.50 bits per heavy atom. The van der Waals surface area contributed by atoms with Crippen molar-refractivity contribution in [2.75, 3.05) is 6.61 Å². The highest BCUT2D eigenvalue weighted by Crippen LogP contribution is 2.34. The highest BCUT2D eigenvalue weighted by atomic mass is 16.5. The Hall–Kier alpha value is -3.60. The maximum atomic E-state index is 13.7. The smallest absolute Gasteiger partial charge is 0.325 e. The lowest BCUT2D eigenvalue weighted by Crippen LogP contribution is -2.46. The predicted molar refractivity (Wildman–Crippen MR) is 115 cm³/mol. The quantitative estimate of drug-likeness (QED) is 0.603. The lowest BCUT2D eigenvalue weighted by atomic mass is 9.83. The van der Waals surface area contributed by atoms with Crippen molar-refractivity contribution < 1.29 is 14.3 Å². The highest BCUT2D eigenvalue weighted by Gasteiger charge is 2.52. The number of benzene rings is 3. The summed E-state index contributed by atoms with van der Waals surface area (Å²) in [5.41, 5.74) is 1.41. The van der Waals surface area contributed by atoms with Crippen molar-refractivity contribution in [2.24, 2.45) is 0 Å². The molecule has 1 heterocycles. The minimum Gasteiger partial charge on any atom is -0.494 e. The number of hydrogen-bond donors (Lipinski definition) is 1. The molecule has 152 valence electrons. The molecule has 1 N–H and O–H groups in total. The lowest BCUT2D eigenvalue weighted by Gasteiger charge is -2.27. The number of rotatable bonds is 7. The van der Waals surface area contributed by atoms with Crippen LogP contribution in [-0.2, 0) is 23.3 Å². The number of nitrogens with zero attached hydrogens (tertiary/aromatic N) is 1. The van der Waals surface area contributed by atoms with Gasteiger partial charge in [-0.3, -0.25) is 9.69 Å². The van der Waals surface area contributed by atoms with Gasteiger partial charge < -0.3 is 10.1 Å². The van der Waals surface area contributed by atoms with Gasteiger partial charge >= 0.3 is 6.03 Å². The summed E-state index contributed by atoms with van der Waals surface area (Å²) in [4.78, 5) is 28.0. The zero-order valence-electron chi connectivity index (χ0n) is 16.9. The normalized spacial score (nSPS) is 18.4. The van der Waals surface area contributed by atoms with Gasteiger partial charge in [-0.15, -0.1) is 0 Å². The van der Waals surface area contributed by atoms with Crippen molar-refractivity contribution in [2.45, 2.75) is 25.4 Å². The van der Waals surface area contributed by atoms with E-state index < -0.39 is 11.6 Å². The lowest BCUT2D eigenvalue weighted by molar-refractivity contribution is -0.132. The number of carbonyl (C=O) groups excluding carboxylic acids is 2. The third-order valence-corrected chi connectivity index (χ3v) is 5.36. The molecule has 1 unspecified atom stereocenters. The van der Waals surface area contributed by atoms with Crippen LogP contribution in [-0.4, -0.2) is 23.4 Å². The molecule has 0 aliphatic carbocycles. The molecule has 30 heavy (non-hydrogen) atoms. The van der Waals surface area contributed by atoms with Crippen LogP contribution in [0.15, 0.2) is 84.9 Å². The first-order chi connectivity index (χ1) is 14.6. The summed E-state index contributed by atoms with van der Waals surface area (Å²) < 4.78 is 5.68. The molecule has 3 aromatic carbocycles. The maximum Gasteiger partial charge on any atom is 0.325 e. The summed E-state index contributed by atoms with van der Waals surface area (Å²) >= 11 is 0. The molecule has 1 fully saturated rings. The first-order valence-electron chi connectivity index (χ1n) is 10.1. The fraction of sp³-hybridized carbons (Fsp3) is 0.200. The average molecular weight is 400 g/mol. The number of carbonyl (C=O) groups is 2. The molecule has 1 saturated heterocycles. The van der Waals surface area contributed by atoms with Gasteiger partial charge in [-0.1, -0.05) is 78.9 Å². The number of para-hydroxylation sites is 1. The summed E-state index contributed by atoms with van der Waals surface area (Å²) in [6.45, 7) is 2.58. The third kappa shape index (κ3) is 3.66. The number of nitrogens with one attached hydrogen (secondary N) is 1. The Morgan fingerprint density at radius 1 is 0.867 bits per heavy atom. The van der Waals surface area contributed by atoms with Gasteiger partial charge in [0.15, 0.2) is 5.54 Å². The zero-order valence-corrected chi connectivity index (χ0v) is 16.9. The van der Waals surface area contributed by atoms with Crippen molar-refractivity contribution in [3.8, 4) is 5.75 Å². The number of amides is 3. The van der Waals surface area contributed by atoms with Crippen LogP contribution in [0.25, 0.3) is 0 Å². The van der Waals surface area contributed by atoms with E-state index in [1.807, 2.05) is 91.9 Å². The van der Waals surface area contributed by atoms with Gasteiger partial charge in [0.1, 0.15) is 5.75 Å². The molecular formula is C25H24N2O3. The number of imide groups is 1. The largest absolute Gasteiger partial charge is 0.494 e. The van der Waals surface area contributed by atoms with Crippen LogP contribution in [0.5, 0.6) is 5.75 Å². The Balaban J connectivity index is 1.71. The monoisotopic (exact) mass is 400 g/mol. The first kappa shape index (κ1) is 19.7. The van der Waals surface area contributed by atoms with Gasteiger partial charge in [0.2, 0.25) is 0 Å². The number of urea groups is 1. The second-order valence-electron chi connectivity index (χ2n) is 7.30. The minimum atomic E-state index is -1.14. The van der Waals surface area contributed by atoms with Crippen molar-refractivity contribution in [1.29, 1.82) is 0 Å². The van der Waals surface area contributed by atoms with E-state index in [9.17, 15) is 9.59 Å². The van der Waals surface area contributed by atoms with Gasteiger partial charge in [-0.2, -0.15) is 0 Å². The fourth-order valence-electron chi connectivity index (χ4n) is 3.91. The Morgan fingerprint density at radius 3 is 2.20 bits per heavy atom. The summed E-state index contributed by atoms with van der Waals surface area (Å²) in [5, 5.41) is 3.00. The first-order valence-corrected chi connectivity index (χ1v) is 10.1. The molecule has 3 amide bonds. The van der Waals surface area contributed by atoms with E-state index in [1.165, 1.54) is 4.90 Å². The molecule has 0 aromatic heterocycles. The van der Waals surface area contributed by atoms with E-state index in [4.69, 9.17) is 4.74 Å². The molecule has 5 nitrogen and oxygen atoms in total. The SMILES string of the molecule is CCOc1ccccc1CN1C(=O)NC(Cc2ccccc2)(c2ccccc2)C1=O. The number of hydrogen-bond acceptors (Lipinski definition) is 3. The van der Waals surface area contributed by atoms with Crippen LogP contribution < -0.4 is 10.1 Å². The van der Waals surface area contributed by atoms with Gasteiger partial charge in [-0.05, 0) is 24.1 Å². The van der Waals surface area contributed by atoms with Crippen molar-refractivity contribution in [1.82, 2.24) is 10.2 Å². The van der Waals surface area contributed by atoms with Gasteiger partial charge in [0.25, 0.3) is 5.91 Å².